The Bertz CT molecular complexity index is 384. The number of hydrogen-bond acceptors (Lipinski definition) is 2. The molecule has 1 fully saturated rings. The van der Waals surface area contributed by atoms with Crippen LogP contribution in [0.25, 0.3) is 0 Å². The van der Waals surface area contributed by atoms with Crippen molar-refractivity contribution in [2.45, 2.75) is 25.3 Å². The van der Waals surface area contributed by atoms with E-state index in [-0.39, 0.29) is 28.7 Å². The summed E-state index contributed by atoms with van der Waals surface area (Å²) in [6.45, 7) is 0. The van der Waals surface area contributed by atoms with Gasteiger partial charge in [0.05, 0.1) is 4.47 Å². The van der Waals surface area contributed by atoms with Crippen LogP contribution in [0.1, 0.15) is 30.9 Å². The predicted molar refractivity (Wildman–Crippen MR) is 67.3 cm³/mol. The van der Waals surface area contributed by atoms with Gasteiger partial charge in [-0.25, -0.2) is 4.39 Å². The Hall–Kier alpha value is -0.320. The van der Waals surface area contributed by atoms with Gasteiger partial charge in [0.15, 0.2) is 0 Å². The number of rotatable bonds is 3. The molecule has 0 aromatic heterocycles. The molecule has 1 atom stereocenters. The van der Waals surface area contributed by atoms with E-state index in [9.17, 15) is 9.50 Å². The van der Waals surface area contributed by atoms with E-state index in [1.54, 1.807) is 6.07 Å². The van der Waals surface area contributed by atoms with Gasteiger partial charge in [0.2, 0.25) is 0 Å². The van der Waals surface area contributed by atoms with E-state index >= 15 is 0 Å². The first-order valence-electron chi connectivity index (χ1n) is 5.02. The summed E-state index contributed by atoms with van der Waals surface area (Å²) in [7, 11) is 0. The minimum absolute atomic E-state index is 0. The van der Waals surface area contributed by atoms with Crippen molar-refractivity contribution in [3.63, 3.8) is 0 Å². The van der Waals surface area contributed by atoms with Crippen LogP contribution >= 0.6 is 28.3 Å². The van der Waals surface area contributed by atoms with Gasteiger partial charge in [-0.1, -0.05) is 18.9 Å². The molecule has 5 heteroatoms. The summed E-state index contributed by atoms with van der Waals surface area (Å²) in [5.74, 6) is 0.154. The molecule has 0 aliphatic heterocycles. The van der Waals surface area contributed by atoms with Gasteiger partial charge in [-0.2, -0.15) is 0 Å². The number of phenols is 1. The van der Waals surface area contributed by atoms with Crippen LogP contribution in [0.4, 0.5) is 4.39 Å². The molecule has 1 saturated carbocycles. The molecule has 0 unspecified atom stereocenters. The van der Waals surface area contributed by atoms with Gasteiger partial charge in [0.1, 0.15) is 11.6 Å². The van der Waals surface area contributed by atoms with Crippen LogP contribution in [0.5, 0.6) is 5.75 Å². The number of halogens is 3. The summed E-state index contributed by atoms with van der Waals surface area (Å²) in [6.07, 6.45) is 3.30. The average molecular weight is 311 g/mol. The lowest BCUT2D eigenvalue weighted by molar-refractivity contribution is 0.445. The Morgan fingerprint density at radius 1 is 1.50 bits per heavy atom. The fourth-order valence-electron chi connectivity index (χ4n) is 1.69. The standard InChI is InChI=1S/C11H13BrFNO.ClH/c12-10-8(13)4-3-7(11(10)15)9(14)5-6-1-2-6;/h3-4,6,9,15H,1-2,5,14H2;1H/t9-;/m0./s1. The predicted octanol–water partition coefficient (Wildman–Crippen LogP) is 3.52. The van der Waals surface area contributed by atoms with Crippen molar-refractivity contribution in [3.05, 3.63) is 28.0 Å². The van der Waals surface area contributed by atoms with Crippen molar-refractivity contribution >= 4 is 28.3 Å². The summed E-state index contributed by atoms with van der Waals surface area (Å²) in [6, 6.07) is 2.68. The molecule has 0 saturated heterocycles. The summed E-state index contributed by atoms with van der Waals surface area (Å²) in [5.41, 5.74) is 6.57. The smallest absolute Gasteiger partial charge is 0.141 e. The molecule has 1 aromatic carbocycles. The third-order valence-electron chi connectivity index (χ3n) is 2.78. The normalized spacial score (nSPS) is 16.7. The van der Waals surface area contributed by atoms with Gasteiger partial charge >= 0.3 is 0 Å². The Balaban J connectivity index is 0.00000128. The molecule has 16 heavy (non-hydrogen) atoms. The van der Waals surface area contributed by atoms with E-state index in [2.05, 4.69) is 15.9 Å². The molecular weight excluding hydrogens is 296 g/mol. The van der Waals surface area contributed by atoms with Gasteiger partial charge in [0, 0.05) is 11.6 Å². The lowest BCUT2D eigenvalue weighted by Gasteiger charge is -2.14. The molecule has 1 aliphatic carbocycles. The van der Waals surface area contributed by atoms with Crippen LogP contribution in [-0.2, 0) is 0 Å². The van der Waals surface area contributed by atoms with E-state index in [1.165, 1.54) is 18.9 Å². The average Bonchev–Trinajstić information content (AvgIpc) is 2.98. The first-order chi connectivity index (χ1) is 7.09. The Kier molecular flexibility index (Phi) is 4.59. The molecule has 0 radical (unpaired) electrons. The van der Waals surface area contributed by atoms with Crippen LogP contribution in [0.15, 0.2) is 16.6 Å². The van der Waals surface area contributed by atoms with Gasteiger partial charge in [-0.15, -0.1) is 12.4 Å². The van der Waals surface area contributed by atoms with Gasteiger partial charge in [0.25, 0.3) is 0 Å². The van der Waals surface area contributed by atoms with E-state index in [4.69, 9.17) is 5.73 Å². The summed E-state index contributed by atoms with van der Waals surface area (Å²) < 4.78 is 13.2. The lowest BCUT2D eigenvalue weighted by Crippen LogP contribution is -2.11. The van der Waals surface area contributed by atoms with Gasteiger partial charge in [-0.3, -0.25) is 0 Å². The van der Waals surface area contributed by atoms with Crippen molar-refractivity contribution in [2.75, 3.05) is 0 Å². The van der Waals surface area contributed by atoms with Gasteiger partial charge < -0.3 is 10.8 Å². The van der Waals surface area contributed by atoms with E-state index < -0.39 is 5.82 Å². The third-order valence-corrected chi connectivity index (χ3v) is 3.54. The highest BCUT2D eigenvalue weighted by molar-refractivity contribution is 9.10. The number of nitrogens with two attached hydrogens (primary N) is 1. The van der Waals surface area contributed by atoms with Gasteiger partial charge in [-0.05, 0) is 34.3 Å². The number of benzene rings is 1. The van der Waals surface area contributed by atoms with Crippen molar-refractivity contribution in [3.8, 4) is 5.75 Å². The molecule has 0 heterocycles. The Morgan fingerprint density at radius 3 is 2.69 bits per heavy atom. The highest BCUT2D eigenvalue weighted by atomic mass is 79.9. The lowest BCUT2D eigenvalue weighted by atomic mass is 10.0. The van der Waals surface area contributed by atoms with Crippen LogP contribution in [0.3, 0.4) is 0 Å². The Labute approximate surface area is 109 Å². The van der Waals surface area contributed by atoms with E-state index in [0.29, 0.717) is 11.5 Å². The number of phenolic OH excluding ortho intramolecular Hbond substituents is 1. The maximum atomic E-state index is 13.1. The molecule has 1 aliphatic rings. The van der Waals surface area contributed by atoms with E-state index in [0.717, 1.165) is 6.42 Å². The SMILES string of the molecule is Cl.N[C@@H](CC1CC1)c1ccc(F)c(Br)c1O. The minimum atomic E-state index is -0.463. The second-order valence-electron chi connectivity index (χ2n) is 4.08. The minimum Gasteiger partial charge on any atom is -0.506 e. The van der Waals surface area contributed by atoms with Crippen LogP contribution in [-0.4, -0.2) is 5.11 Å². The highest BCUT2D eigenvalue weighted by Gasteiger charge is 2.26. The zero-order chi connectivity index (χ0) is 11.0. The number of aromatic hydroxyl groups is 1. The molecule has 0 spiro atoms. The van der Waals surface area contributed by atoms with E-state index in [1.807, 2.05) is 0 Å². The highest BCUT2D eigenvalue weighted by Crippen LogP contribution is 2.40. The summed E-state index contributed by atoms with van der Waals surface area (Å²) in [4.78, 5) is 0. The topological polar surface area (TPSA) is 46.2 Å². The fraction of sp³-hybridized carbons (Fsp3) is 0.455. The third kappa shape index (κ3) is 2.87. The zero-order valence-corrected chi connectivity index (χ0v) is 11.0. The molecule has 3 N–H and O–H groups in total. The number of hydrogen-bond donors (Lipinski definition) is 2. The molecule has 90 valence electrons. The monoisotopic (exact) mass is 309 g/mol. The molecule has 1 aromatic rings. The first kappa shape index (κ1) is 13.7. The van der Waals surface area contributed by atoms with Crippen LogP contribution in [0, 0.1) is 11.7 Å². The first-order valence-corrected chi connectivity index (χ1v) is 5.81. The molecule has 2 rings (SSSR count). The molecule has 0 amide bonds. The van der Waals surface area contributed by atoms with Crippen LogP contribution < -0.4 is 5.73 Å². The van der Waals surface area contributed by atoms with Crippen LogP contribution in [0.2, 0.25) is 0 Å². The molecule has 2 nitrogen and oxygen atoms in total. The summed E-state index contributed by atoms with van der Waals surface area (Å²) >= 11 is 3.00. The molecule has 0 bridgehead atoms. The van der Waals surface area contributed by atoms with Crippen molar-refractivity contribution in [1.82, 2.24) is 0 Å². The largest absolute Gasteiger partial charge is 0.506 e. The zero-order valence-electron chi connectivity index (χ0n) is 8.62. The maximum absolute atomic E-state index is 13.1. The maximum Gasteiger partial charge on any atom is 0.141 e. The quantitative estimate of drug-likeness (QED) is 0.897. The fourth-order valence-corrected chi connectivity index (χ4v) is 2.05. The van der Waals surface area contributed by atoms with Crippen molar-refractivity contribution < 1.29 is 9.50 Å². The second kappa shape index (κ2) is 5.34. The van der Waals surface area contributed by atoms with Crippen molar-refractivity contribution in [1.29, 1.82) is 0 Å². The summed E-state index contributed by atoms with van der Waals surface area (Å²) in [5, 5.41) is 9.72. The second-order valence-corrected chi connectivity index (χ2v) is 4.88. The molecular formula is C11H14BrClFNO. The van der Waals surface area contributed by atoms with Crippen molar-refractivity contribution in [2.24, 2.45) is 11.7 Å². The Morgan fingerprint density at radius 2 is 2.12 bits per heavy atom.